The molecule has 4 rings (SSSR count). The Morgan fingerprint density at radius 1 is 1.00 bits per heavy atom. The molecule has 1 saturated heterocycles. The second kappa shape index (κ2) is 10.1. The number of benzene rings is 2. The molecule has 0 spiro atoms. The number of guanidine groups is 1. The predicted octanol–water partition coefficient (Wildman–Crippen LogP) is 3.20. The number of nitrogens with one attached hydrogen (secondary N) is 2. The monoisotopic (exact) mass is 402 g/mol. The van der Waals surface area contributed by atoms with Crippen LogP contribution in [0.15, 0.2) is 78.0 Å². The predicted molar refractivity (Wildman–Crippen MR) is 122 cm³/mol. The number of hydrogen-bond acceptors (Lipinski definition) is 3. The van der Waals surface area contributed by atoms with E-state index in [-0.39, 0.29) is 0 Å². The van der Waals surface area contributed by atoms with Crippen LogP contribution in [-0.4, -0.2) is 46.8 Å². The summed E-state index contributed by atoms with van der Waals surface area (Å²) in [6.07, 6.45) is 6.20. The van der Waals surface area contributed by atoms with Crippen molar-refractivity contribution in [3.63, 3.8) is 0 Å². The van der Waals surface area contributed by atoms with Gasteiger partial charge in [0, 0.05) is 51.0 Å². The van der Waals surface area contributed by atoms with Crippen LogP contribution < -0.4 is 10.6 Å². The first-order chi connectivity index (χ1) is 14.8. The summed E-state index contributed by atoms with van der Waals surface area (Å²) in [6.45, 7) is 3.94. The molecule has 0 unspecified atom stereocenters. The average Bonchev–Trinajstić information content (AvgIpc) is 3.28. The van der Waals surface area contributed by atoms with Crippen molar-refractivity contribution < 1.29 is 0 Å². The highest BCUT2D eigenvalue weighted by molar-refractivity contribution is 5.79. The lowest BCUT2D eigenvalue weighted by Gasteiger charge is -2.33. The molecule has 0 saturated carbocycles. The van der Waals surface area contributed by atoms with Crippen molar-refractivity contribution >= 4 is 5.96 Å². The van der Waals surface area contributed by atoms with Gasteiger partial charge in [0.2, 0.25) is 0 Å². The smallest absolute Gasteiger partial charge is 0.191 e. The SMILES string of the molecule is CN=C(NCc1cnn(-c2ccccc2)c1)NC1CCN(Cc2ccccc2)CC1. The number of rotatable bonds is 6. The molecule has 2 aromatic carbocycles. The fourth-order valence-corrected chi connectivity index (χ4v) is 3.82. The molecule has 6 heteroatoms. The van der Waals surface area contributed by atoms with Crippen LogP contribution in [0.3, 0.4) is 0 Å². The Morgan fingerprint density at radius 2 is 1.70 bits per heavy atom. The fraction of sp³-hybridized carbons (Fsp3) is 0.333. The van der Waals surface area contributed by atoms with E-state index in [0.29, 0.717) is 12.6 Å². The van der Waals surface area contributed by atoms with Crippen LogP contribution in [0.4, 0.5) is 0 Å². The fourth-order valence-electron chi connectivity index (χ4n) is 3.82. The number of hydrogen-bond donors (Lipinski definition) is 2. The molecule has 3 aromatic rings. The average molecular weight is 403 g/mol. The normalized spacial score (nSPS) is 15.8. The Balaban J connectivity index is 1.22. The standard InChI is InChI=1S/C24H30N6/c1-25-24(26-16-21-17-27-30(19-21)23-10-6-3-7-11-23)28-22-12-14-29(15-13-22)18-20-8-4-2-5-9-20/h2-11,17,19,22H,12-16,18H2,1H3,(H2,25,26,28). The first-order valence-electron chi connectivity index (χ1n) is 10.6. The lowest BCUT2D eigenvalue weighted by molar-refractivity contribution is 0.198. The van der Waals surface area contributed by atoms with Gasteiger partial charge in [-0.2, -0.15) is 5.10 Å². The lowest BCUT2D eigenvalue weighted by Crippen LogP contribution is -2.48. The third-order valence-corrected chi connectivity index (χ3v) is 5.52. The van der Waals surface area contributed by atoms with Gasteiger partial charge in [-0.05, 0) is 30.5 Å². The Hall–Kier alpha value is -3.12. The number of para-hydroxylation sites is 1. The molecule has 156 valence electrons. The van der Waals surface area contributed by atoms with E-state index >= 15 is 0 Å². The van der Waals surface area contributed by atoms with Crippen molar-refractivity contribution in [1.29, 1.82) is 0 Å². The van der Waals surface area contributed by atoms with E-state index in [1.807, 2.05) is 36.1 Å². The number of aromatic nitrogens is 2. The number of piperidine rings is 1. The van der Waals surface area contributed by atoms with Crippen LogP contribution in [0.1, 0.15) is 24.0 Å². The van der Waals surface area contributed by atoms with Gasteiger partial charge < -0.3 is 10.6 Å². The van der Waals surface area contributed by atoms with Crippen LogP contribution in [0.25, 0.3) is 5.69 Å². The van der Waals surface area contributed by atoms with Crippen molar-refractivity contribution in [3.05, 3.63) is 84.2 Å². The quantitative estimate of drug-likeness (QED) is 0.491. The van der Waals surface area contributed by atoms with E-state index in [1.165, 1.54) is 5.56 Å². The minimum Gasteiger partial charge on any atom is -0.354 e. The highest BCUT2D eigenvalue weighted by Crippen LogP contribution is 2.14. The maximum Gasteiger partial charge on any atom is 0.191 e. The van der Waals surface area contributed by atoms with E-state index in [2.05, 4.69) is 74.3 Å². The van der Waals surface area contributed by atoms with Crippen molar-refractivity contribution in [1.82, 2.24) is 25.3 Å². The zero-order valence-corrected chi connectivity index (χ0v) is 17.5. The Bertz CT molecular complexity index is 927. The number of likely N-dealkylation sites (tertiary alicyclic amines) is 1. The lowest BCUT2D eigenvalue weighted by atomic mass is 10.0. The Labute approximate surface area is 178 Å². The molecule has 0 amide bonds. The highest BCUT2D eigenvalue weighted by atomic mass is 15.3. The van der Waals surface area contributed by atoms with E-state index in [4.69, 9.17) is 0 Å². The zero-order chi connectivity index (χ0) is 20.6. The molecule has 0 radical (unpaired) electrons. The van der Waals surface area contributed by atoms with E-state index in [0.717, 1.165) is 49.7 Å². The summed E-state index contributed by atoms with van der Waals surface area (Å²) >= 11 is 0. The molecule has 1 aliphatic rings. The highest BCUT2D eigenvalue weighted by Gasteiger charge is 2.20. The van der Waals surface area contributed by atoms with Gasteiger partial charge in [0.05, 0.1) is 11.9 Å². The summed E-state index contributed by atoms with van der Waals surface area (Å²) in [5.74, 6) is 0.851. The molecular formula is C24H30N6. The molecule has 0 bridgehead atoms. The molecule has 1 aliphatic heterocycles. The molecule has 0 aliphatic carbocycles. The second-order valence-electron chi connectivity index (χ2n) is 7.73. The summed E-state index contributed by atoms with van der Waals surface area (Å²) in [4.78, 5) is 6.93. The third kappa shape index (κ3) is 5.48. The maximum absolute atomic E-state index is 4.46. The van der Waals surface area contributed by atoms with Crippen LogP contribution in [0.5, 0.6) is 0 Å². The van der Waals surface area contributed by atoms with E-state index in [1.54, 1.807) is 0 Å². The topological polar surface area (TPSA) is 57.5 Å². The summed E-state index contributed by atoms with van der Waals surface area (Å²) < 4.78 is 1.90. The third-order valence-electron chi connectivity index (χ3n) is 5.52. The number of nitrogens with zero attached hydrogens (tertiary/aromatic N) is 4. The first-order valence-corrected chi connectivity index (χ1v) is 10.6. The summed E-state index contributed by atoms with van der Waals surface area (Å²) in [5.41, 5.74) is 3.57. The zero-order valence-electron chi connectivity index (χ0n) is 17.5. The van der Waals surface area contributed by atoms with Gasteiger partial charge in [0.25, 0.3) is 0 Å². The van der Waals surface area contributed by atoms with E-state index in [9.17, 15) is 0 Å². The largest absolute Gasteiger partial charge is 0.354 e. The first kappa shape index (κ1) is 20.2. The molecular weight excluding hydrogens is 372 g/mol. The van der Waals surface area contributed by atoms with Gasteiger partial charge >= 0.3 is 0 Å². The molecule has 2 N–H and O–H groups in total. The molecule has 2 heterocycles. The van der Waals surface area contributed by atoms with Crippen molar-refractivity contribution in [2.45, 2.75) is 32.0 Å². The number of aliphatic imine (C=N–C) groups is 1. The molecule has 1 fully saturated rings. The van der Waals surface area contributed by atoms with Gasteiger partial charge in [-0.15, -0.1) is 0 Å². The van der Waals surface area contributed by atoms with Crippen LogP contribution in [0, 0.1) is 0 Å². The van der Waals surface area contributed by atoms with E-state index < -0.39 is 0 Å². The van der Waals surface area contributed by atoms with Gasteiger partial charge in [0.15, 0.2) is 5.96 Å². The van der Waals surface area contributed by atoms with Gasteiger partial charge in [-0.3, -0.25) is 9.89 Å². The second-order valence-corrected chi connectivity index (χ2v) is 7.73. The van der Waals surface area contributed by atoms with Gasteiger partial charge in [0.1, 0.15) is 0 Å². The van der Waals surface area contributed by atoms with Crippen molar-refractivity contribution in [3.8, 4) is 5.69 Å². The summed E-state index contributed by atoms with van der Waals surface area (Å²) in [5, 5.41) is 11.5. The molecule has 1 aromatic heterocycles. The summed E-state index contributed by atoms with van der Waals surface area (Å²) in [6, 6.07) is 21.3. The Kier molecular flexibility index (Phi) is 6.77. The van der Waals surface area contributed by atoms with Crippen molar-refractivity contribution in [2.24, 2.45) is 4.99 Å². The van der Waals surface area contributed by atoms with Gasteiger partial charge in [-0.25, -0.2) is 4.68 Å². The molecule has 0 atom stereocenters. The van der Waals surface area contributed by atoms with Crippen LogP contribution in [0.2, 0.25) is 0 Å². The van der Waals surface area contributed by atoms with Crippen molar-refractivity contribution in [2.75, 3.05) is 20.1 Å². The minimum absolute atomic E-state index is 0.454. The maximum atomic E-state index is 4.46. The Morgan fingerprint density at radius 3 is 2.40 bits per heavy atom. The van der Waals surface area contributed by atoms with Crippen LogP contribution in [-0.2, 0) is 13.1 Å². The molecule has 6 nitrogen and oxygen atoms in total. The summed E-state index contributed by atoms with van der Waals surface area (Å²) in [7, 11) is 1.83. The molecule has 30 heavy (non-hydrogen) atoms. The minimum atomic E-state index is 0.454. The van der Waals surface area contributed by atoms with Crippen LogP contribution >= 0.6 is 0 Å². The van der Waals surface area contributed by atoms with Gasteiger partial charge in [-0.1, -0.05) is 48.5 Å².